The molecule has 0 fully saturated rings. The molecule has 5 heteroatoms. The quantitative estimate of drug-likeness (QED) is 0.0729. The van der Waals surface area contributed by atoms with Gasteiger partial charge in [0.25, 0.3) is 6.71 Å². The zero-order valence-electron chi connectivity index (χ0n) is 62.7. The number of hydrogen-bond donors (Lipinski definition) is 0. The molecule has 24 rings (SSSR count). The van der Waals surface area contributed by atoms with E-state index in [2.05, 4.69) is 438 Å². The van der Waals surface area contributed by atoms with Crippen molar-refractivity contribution in [1.29, 1.82) is 0 Å². The maximum absolute atomic E-state index is 2.73. The van der Waals surface area contributed by atoms with Gasteiger partial charge in [-0.05, 0) is 206 Å². The van der Waals surface area contributed by atoms with Crippen LogP contribution < -0.4 is 26.2 Å². The van der Waals surface area contributed by atoms with Crippen LogP contribution in [0.5, 0.6) is 0 Å². The SMILES string of the molecule is c1ccc(-c2cc(-c3ccccc3)c(N3c4cc(-c5cc6cccc7c8cccc9cccc(c(c5)c67)c98)ccc4B4c5ccc(-n6c7ccccc7c7ccccc76)cc5N(c5c(-c6ccccc6)cc(-c6ccccc6)cc5-c5ccccc5)c5cc(-n6c7ccccc7c7ccccc76)cc3c54)c(-c3ccccc3)c2)cc1. The van der Waals surface area contributed by atoms with Crippen LogP contribution in [-0.2, 0) is 0 Å². The summed E-state index contributed by atoms with van der Waals surface area (Å²) < 4.78 is 5.06. The topological polar surface area (TPSA) is 16.3 Å². The zero-order valence-corrected chi connectivity index (χ0v) is 62.7. The van der Waals surface area contributed by atoms with E-state index in [-0.39, 0.29) is 6.71 Å². The molecule has 22 aromatic rings. The molecule has 0 saturated heterocycles. The highest BCUT2D eigenvalue weighted by atomic mass is 15.2. The van der Waals surface area contributed by atoms with Gasteiger partial charge in [0.05, 0.1) is 39.1 Å². The van der Waals surface area contributed by atoms with Crippen LogP contribution in [0.25, 0.3) is 176 Å². The van der Waals surface area contributed by atoms with Gasteiger partial charge < -0.3 is 18.9 Å². The summed E-state index contributed by atoms with van der Waals surface area (Å²) in [4.78, 5) is 5.45. The van der Waals surface area contributed by atoms with Crippen molar-refractivity contribution >= 4 is 144 Å². The molecule has 0 unspecified atom stereocenters. The summed E-state index contributed by atoms with van der Waals surface area (Å²) in [5.41, 5.74) is 32.5. The van der Waals surface area contributed by atoms with Crippen molar-refractivity contribution < 1.29 is 0 Å². The fourth-order valence-corrected chi connectivity index (χ4v) is 19.8. The Morgan fingerprint density at radius 1 is 0.183 bits per heavy atom. The van der Waals surface area contributed by atoms with Crippen LogP contribution in [0.15, 0.2) is 419 Å². The number of para-hydroxylation sites is 4. The Hall–Kier alpha value is -15.0. The van der Waals surface area contributed by atoms with Gasteiger partial charge in [0.1, 0.15) is 0 Å². The molecule has 4 heterocycles. The summed E-state index contributed by atoms with van der Waals surface area (Å²) in [6.45, 7) is -0.321. The highest BCUT2D eigenvalue weighted by Crippen LogP contribution is 2.56. The first-order valence-electron chi connectivity index (χ1n) is 39.9. The van der Waals surface area contributed by atoms with E-state index < -0.39 is 0 Å². The Morgan fingerprint density at radius 3 is 0.930 bits per heavy atom. The zero-order chi connectivity index (χ0) is 75.3. The van der Waals surface area contributed by atoms with Crippen molar-refractivity contribution in [3.05, 3.63) is 419 Å². The second-order valence-electron chi connectivity index (χ2n) is 30.9. The van der Waals surface area contributed by atoms with Crippen molar-refractivity contribution in [2.75, 3.05) is 9.80 Å². The third kappa shape index (κ3) is 10.0. The molecule has 0 N–H and O–H groups in total. The monoisotopic (exact) mass is 1460 g/mol. The minimum Gasteiger partial charge on any atom is -0.310 e. The van der Waals surface area contributed by atoms with E-state index in [1.165, 1.54) is 81.0 Å². The molecule has 0 atom stereocenters. The van der Waals surface area contributed by atoms with Crippen molar-refractivity contribution in [3.63, 3.8) is 0 Å². The highest BCUT2D eigenvalue weighted by molar-refractivity contribution is 7.00. The molecule has 2 aromatic heterocycles. The lowest BCUT2D eigenvalue weighted by atomic mass is 9.33. The van der Waals surface area contributed by atoms with Gasteiger partial charge in [0, 0.05) is 72.2 Å². The number of hydrogen-bond acceptors (Lipinski definition) is 2. The number of nitrogens with zero attached hydrogens (tertiary/aromatic N) is 4. The van der Waals surface area contributed by atoms with Crippen LogP contribution in [0.3, 0.4) is 0 Å². The molecule has 0 radical (unpaired) electrons. The van der Waals surface area contributed by atoms with Gasteiger partial charge in [-0.2, -0.15) is 0 Å². The van der Waals surface area contributed by atoms with Crippen LogP contribution in [0.4, 0.5) is 34.1 Å². The molecule has 0 saturated carbocycles. The third-order valence-corrected chi connectivity index (χ3v) is 24.7. The Labute approximate surface area is 666 Å². The van der Waals surface area contributed by atoms with Gasteiger partial charge in [-0.15, -0.1) is 0 Å². The van der Waals surface area contributed by atoms with Gasteiger partial charge in [-0.3, -0.25) is 0 Å². The van der Waals surface area contributed by atoms with Crippen molar-refractivity contribution in [1.82, 2.24) is 9.13 Å². The second kappa shape index (κ2) is 25.8. The molecule has 4 nitrogen and oxygen atoms in total. The minimum atomic E-state index is -0.321. The third-order valence-electron chi connectivity index (χ3n) is 24.7. The van der Waals surface area contributed by atoms with Gasteiger partial charge in [-0.1, -0.05) is 328 Å². The van der Waals surface area contributed by atoms with Gasteiger partial charge in [0.15, 0.2) is 0 Å². The van der Waals surface area contributed by atoms with Crippen LogP contribution in [-0.4, -0.2) is 15.8 Å². The number of aromatic nitrogens is 2. The van der Waals surface area contributed by atoms with E-state index in [4.69, 9.17) is 0 Å². The van der Waals surface area contributed by atoms with Gasteiger partial charge in [-0.25, -0.2) is 0 Å². The highest BCUT2D eigenvalue weighted by Gasteiger charge is 2.46. The number of benzene rings is 20. The summed E-state index contributed by atoms with van der Waals surface area (Å²) in [7, 11) is 0. The summed E-state index contributed by atoms with van der Waals surface area (Å²) in [6.07, 6.45) is 0. The maximum atomic E-state index is 2.73. The van der Waals surface area contributed by atoms with Crippen molar-refractivity contribution in [3.8, 4) is 89.3 Å². The summed E-state index contributed by atoms with van der Waals surface area (Å²) in [5.74, 6) is 0. The summed E-state index contributed by atoms with van der Waals surface area (Å²) in [6, 6.07) is 158. The Balaban J connectivity index is 0.895. The first-order valence-corrected chi connectivity index (χ1v) is 39.9. The smallest absolute Gasteiger partial charge is 0.252 e. The van der Waals surface area contributed by atoms with Crippen LogP contribution >= 0.6 is 0 Å². The van der Waals surface area contributed by atoms with Gasteiger partial charge in [0.2, 0.25) is 0 Å². The van der Waals surface area contributed by atoms with Crippen LogP contribution in [0.2, 0.25) is 0 Å². The standard InChI is InChI=1S/C110H69BN4/c1-7-30-70(31-8-1)80-61-91(72-34-11-3-12-35-72)109(92(62-80)73-36-13-4-14-37-73)114-102-66-77(79-60-78-44-29-50-89-88-49-27-42-76-43-28-51-90(106(76)88)95(65-79)107(78)89)56-58-96(102)111-97-59-57-82(112-98-52-23-19-45-84(98)85-46-20-24-53-99(85)112)67-103(97)115(105-69-83(68-104(114)108(105)111)113-100-54-25-21-47-86(100)87-48-22-26-55-101(87)113)110-93(74-38-15-5-16-39-74)63-81(71-32-9-2-10-33-71)64-94(110)75-40-17-6-18-41-75/h1-69H. The van der Waals surface area contributed by atoms with Crippen molar-refractivity contribution in [2.24, 2.45) is 0 Å². The molecule has 0 bridgehead atoms. The first-order chi connectivity index (χ1) is 57.1. The molecular formula is C110H69BN4. The molecule has 532 valence electrons. The second-order valence-corrected chi connectivity index (χ2v) is 30.9. The first kappa shape index (κ1) is 64.8. The van der Waals surface area contributed by atoms with Crippen molar-refractivity contribution in [2.45, 2.75) is 0 Å². The van der Waals surface area contributed by atoms with E-state index >= 15 is 0 Å². The fraction of sp³-hybridized carbons (Fsp3) is 0. The molecular weight excluding hydrogens is 1390 g/mol. The van der Waals surface area contributed by atoms with E-state index in [1.54, 1.807) is 0 Å². The van der Waals surface area contributed by atoms with E-state index in [9.17, 15) is 0 Å². The Bertz CT molecular complexity index is 7470. The maximum Gasteiger partial charge on any atom is 0.252 e. The molecule has 20 aromatic carbocycles. The molecule has 0 amide bonds. The van der Waals surface area contributed by atoms with E-state index in [0.29, 0.717) is 0 Å². The van der Waals surface area contributed by atoms with Gasteiger partial charge >= 0.3 is 0 Å². The lowest BCUT2D eigenvalue weighted by Gasteiger charge is -2.46. The molecule has 2 aliphatic heterocycles. The van der Waals surface area contributed by atoms with E-state index in [0.717, 1.165) is 145 Å². The number of rotatable bonds is 11. The summed E-state index contributed by atoms with van der Waals surface area (Å²) in [5, 5.41) is 14.9. The lowest BCUT2D eigenvalue weighted by molar-refractivity contribution is 1.15. The van der Waals surface area contributed by atoms with E-state index in [1.807, 2.05) is 0 Å². The molecule has 115 heavy (non-hydrogen) atoms. The normalized spacial score (nSPS) is 12.5. The molecule has 0 aliphatic carbocycles. The molecule has 0 spiro atoms. The van der Waals surface area contributed by atoms with Crippen LogP contribution in [0, 0.1) is 0 Å². The molecule has 2 aliphatic rings. The largest absolute Gasteiger partial charge is 0.310 e. The average Bonchev–Trinajstić information content (AvgIpc) is 1.19. The Morgan fingerprint density at radius 2 is 0.504 bits per heavy atom. The number of fused-ring (bicyclic) bond motifs is 12. The van der Waals surface area contributed by atoms with Crippen LogP contribution in [0.1, 0.15) is 0 Å². The fourth-order valence-electron chi connectivity index (χ4n) is 19.8. The predicted octanol–water partition coefficient (Wildman–Crippen LogP) is 27.7. The predicted molar refractivity (Wildman–Crippen MR) is 488 cm³/mol. The lowest BCUT2D eigenvalue weighted by Crippen LogP contribution is -2.61. The Kier molecular flexibility index (Phi) is 14.5. The average molecular weight is 1460 g/mol. The minimum absolute atomic E-state index is 0.321. The number of anilines is 6. The summed E-state index contributed by atoms with van der Waals surface area (Å²) >= 11 is 0.